The summed E-state index contributed by atoms with van der Waals surface area (Å²) in [6, 6.07) is 20.6. The Hall–Kier alpha value is -3.31. The molecule has 1 amide bonds. The summed E-state index contributed by atoms with van der Waals surface area (Å²) >= 11 is 0. The van der Waals surface area contributed by atoms with Gasteiger partial charge in [-0.2, -0.15) is 5.26 Å². The van der Waals surface area contributed by atoms with Gasteiger partial charge in [0.05, 0.1) is 24.8 Å². The lowest BCUT2D eigenvalue weighted by atomic mass is 9.93. The highest BCUT2D eigenvalue weighted by Crippen LogP contribution is 2.27. The van der Waals surface area contributed by atoms with Gasteiger partial charge in [0.15, 0.2) is 0 Å². The number of rotatable bonds is 8. The van der Waals surface area contributed by atoms with E-state index in [4.69, 9.17) is 4.74 Å². The number of carbonyl (C=O) groups is 1. The fraction of sp³-hybridized carbons (Fsp3) is 0.400. The number of nitriles is 1. The van der Waals surface area contributed by atoms with Gasteiger partial charge >= 0.3 is 0 Å². The van der Waals surface area contributed by atoms with Crippen LogP contribution in [-0.2, 0) is 4.74 Å². The lowest BCUT2D eigenvalue weighted by Gasteiger charge is -2.47. The van der Waals surface area contributed by atoms with Crippen molar-refractivity contribution in [2.24, 2.45) is 0 Å². The van der Waals surface area contributed by atoms with E-state index in [0.717, 1.165) is 68.7 Å². The molecule has 5 rings (SSSR count). The van der Waals surface area contributed by atoms with Gasteiger partial charge in [0.1, 0.15) is 5.82 Å². The van der Waals surface area contributed by atoms with Crippen LogP contribution >= 0.6 is 0 Å². The van der Waals surface area contributed by atoms with Crippen LogP contribution < -0.4 is 0 Å². The van der Waals surface area contributed by atoms with Crippen LogP contribution in [0.15, 0.2) is 60.7 Å². The Morgan fingerprint density at radius 1 is 1.14 bits per heavy atom. The van der Waals surface area contributed by atoms with E-state index >= 15 is 0 Å². The Labute approximate surface area is 217 Å². The maximum Gasteiger partial charge on any atom is 0.254 e. The molecule has 0 bridgehead atoms. The van der Waals surface area contributed by atoms with Crippen LogP contribution in [0.2, 0.25) is 0 Å². The highest BCUT2D eigenvalue weighted by atomic mass is 19.1. The highest BCUT2D eigenvalue weighted by Gasteiger charge is 2.33. The molecule has 3 aromatic rings. The largest absolute Gasteiger partial charge is 0.379 e. The molecular formula is C30H33FN4O2. The highest BCUT2D eigenvalue weighted by molar-refractivity contribution is 6.07. The standard InChI is InChI=1S/C30H33FN4O2/c1-33(30(36)29-17-22(18-32)16-24-4-2-3-5-28(24)29)19-25(23-6-8-26(31)9-7-23)10-11-34-20-27(21-34)35-12-14-37-15-13-35/h2-9,16-17,25,27H,10-15,19-21H2,1H3/t25-/m1/s1. The molecule has 2 aliphatic rings. The van der Waals surface area contributed by atoms with Gasteiger partial charge in [0, 0.05) is 57.3 Å². The number of carbonyl (C=O) groups excluding carboxylic acids is 1. The summed E-state index contributed by atoms with van der Waals surface area (Å²) in [7, 11) is 1.81. The molecule has 1 atom stereocenters. The number of ether oxygens (including phenoxy) is 1. The SMILES string of the molecule is CN(C[C@@H](CCN1CC(N2CCOCC2)C1)c1ccc(F)cc1)C(=O)c1cc(C#N)cc2ccccc12. The van der Waals surface area contributed by atoms with Crippen molar-refractivity contribution in [2.75, 3.05) is 59.5 Å². The molecule has 192 valence electrons. The zero-order chi connectivity index (χ0) is 25.8. The molecule has 7 heteroatoms. The van der Waals surface area contributed by atoms with Crippen LogP contribution in [0, 0.1) is 17.1 Å². The van der Waals surface area contributed by atoms with E-state index in [2.05, 4.69) is 15.9 Å². The molecule has 6 nitrogen and oxygen atoms in total. The summed E-state index contributed by atoms with van der Waals surface area (Å²) in [5.41, 5.74) is 2.03. The summed E-state index contributed by atoms with van der Waals surface area (Å²) < 4.78 is 19.1. The van der Waals surface area contributed by atoms with Crippen LogP contribution in [0.1, 0.15) is 33.8 Å². The zero-order valence-electron chi connectivity index (χ0n) is 21.3. The van der Waals surface area contributed by atoms with Gasteiger partial charge in [-0.05, 0) is 53.6 Å². The second kappa shape index (κ2) is 11.4. The zero-order valence-corrected chi connectivity index (χ0v) is 21.3. The van der Waals surface area contributed by atoms with Crippen molar-refractivity contribution < 1.29 is 13.9 Å². The molecule has 3 aromatic carbocycles. The lowest BCUT2D eigenvalue weighted by Crippen LogP contribution is -2.61. The van der Waals surface area contributed by atoms with Gasteiger partial charge in [-0.3, -0.25) is 9.69 Å². The predicted molar refractivity (Wildman–Crippen MR) is 142 cm³/mol. The number of nitrogens with zero attached hydrogens (tertiary/aromatic N) is 4. The van der Waals surface area contributed by atoms with Crippen molar-refractivity contribution in [1.29, 1.82) is 5.26 Å². The number of likely N-dealkylation sites (N-methyl/N-ethyl adjacent to an activating group) is 1. The van der Waals surface area contributed by atoms with Gasteiger partial charge in [0.2, 0.25) is 0 Å². The predicted octanol–water partition coefficient (Wildman–Crippen LogP) is 4.11. The average Bonchev–Trinajstić information content (AvgIpc) is 2.91. The van der Waals surface area contributed by atoms with Gasteiger partial charge in [-0.1, -0.05) is 36.4 Å². The molecular weight excluding hydrogens is 467 g/mol. The van der Waals surface area contributed by atoms with Gasteiger partial charge < -0.3 is 14.5 Å². The monoisotopic (exact) mass is 500 g/mol. The summed E-state index contributed by atoms with van der Waals surface area (Å²) in [5.74, 6) is -0.304. The van der Waals surface area contributed by atoms with E-state index in [-0.39, 0.29) is 17.6 Å². The molecule has 0 saturated carbocycles. The summed E-state index contributed by atoms with van der Waals surface area (Å²) in [6.07, 6.45) is 0.873. The summed E-state index contributed by atoms with van der Waals surface area (Å²) in [4.78, 5) is 20.3. The fourth-order valence-electron chi connectivity index (χ4n) is 5.51. The van der Waals surface area contributed by atoms with Gasteiger partial charge in [-0.25, -0.2) is 4.39 Å². The maximum atomic E-state index is 13.7. The minimum absolute atomic E-state index is 0.0717. The molecule has 0 radical (unpaired) electrons. The number of morpholine rings is 1. The Morgan fingerprint density at radius 3 is 2.59 bits per heavy atom. The molecule has 2 aliphatic heterocycles. The normalized spacial score (nSPS) is 17.8. The first-order valence-corrected chi connectivity index (χ1v) is 13.0. The van der Waals surface area contributed by atoms with E-state index in [1.165, 1.54) is 12.1 Å². The number of halogens is 1. The molecule has 0 aromatic heterocycles. The minimum Gasteiger partial charge on any atom is -0.379 e. The molecule has 0 spiro atoms. The topological polar surface area (TPSA) is 59.8 Å². The Bertz CT molecular complexity index is 1280. The van der Waals surface area contributed by atoms with E-state index < -0.39 is 0 Å². The second-order valence-corrected chi connectivity index (χ2v) is 10.1. The number of benzene rings is 3. The third kappa shape index (κ3) is 5.83. The van der Waals surface area contributed by atoms with Gasteiger partial charge in [-0.15, -0.1) is 0 Å². The van der Waals surface area contributed by atoms with E-state index in [1.807, 2.05) is 49.5 Å². The first-order chi connectivity index (χ1) is 18.0. The van der Waals surface area contributed by atoms with Crippen LogP contribution in [-0.4, -0.2) is 86.2 Å². The van der Waals surface area contributed by atoms with Crippen LogP contribution in [0.4, 0.5) is 4.39 Å². The van der Waals surface area contributed by atoms with E-state index in [1.54, 1.807) is 11.0 Å². The van der Waals surface area contributed by atoms with Gasteiger partial charge in [0.25, 0.3) is 5.91 Å². The maximum absolute atomic E-state index is 13.7. The number of amides is 1. The number of hydrogen-bond acceptors (Lipinski definition) is 5. The lowest BCUT2D eigenvalue weighted by molar-refractivity contribution is -0.0326. The van der Waals surface area contributed by atoms with Crippen LogP contribution in [0.3, 0.4) is 0 Å². The number of fused-ring (bicyclic) bond motifs is 1. The second-order valence-electron chi connectivity index (χ2n) is 10.1. The van der Waals surface area contributed by atoms with Crippen molar-refractivity contribution in [2.45, 2.75) is 18.4 Å². The number of likely N-dealkylation sites (tertiary alicyclic amines) is 1. The first-order valence-electron chi connectivity index (χ1n) is 13.0. The summed E-state index contributed by atoms with van der Waals surface area (Å²) in [6.45, 7) is 7.19. The molecule has 0 N–H and O–H groups in total. The van der Waals surface area contributed by atoms with E-state index in [9.17, 15) is 14.4 Å². The molecule has 0 unspecified atom stereocenters. The van der Waals surface area contributed by atoms with Crippen molar-refractivity contribution in [3.05, 3.63) is 83.2 Å². The van der Waals surface area contributed by atoms with E-state index in [0.29, 0.717) is 23.7 Å². The van der Waals surface area contributed by atoms with Crippen molar-refractivity contribution in [3.8, 4) is 6.07 Å². The third-order valence-corrected chi connectivity index (χ3v) is 7.70. The Morgan fingerprint density at radius 2 is 1.86 bits per heavy atom. The van der Waals surface area contributed by atoms with Crippen molar-refractivity contribution in [1.82, 2.24) is 14.7 Å². The average molecular weight is 501 g/mol. The first kappa shape index (κ1) is 25.3. The molecule has 0 aliphatic carbocycles. The Balaban J connectivity index is 1.28. The summed E-state index contributed by atoms with van der Waals surface area (Å²) in [5, 5.41) is 11.2. The van der Waals surface area contributed by atoms with Crippen molar-refractivity contribution >= 4 is 16.7 Å². The van der Waals surface area contributed by atoms with Crippen LogP contribution in [0.5, 0.6) is 0 Å². The van der Waals surface area contributed by atoms with Crippen molar-refractivity contribution in [3.63, 3.8) is 0 Å². The smallest absolute Gasteiger partial charge is 0.254 e. The Kier molecular flexibility index (Phi) is 7.80. The molecule has 37 heavy (non-hydrogen) atoms. The fourth-order valence-corrected chi connectivity index (χ4v) is 5.51. The molecule has 2 fully saturated rings. The molecule has 2 saturated heterocycles. The van der Waals surface area contributed by atoms with Crippen LogP contribution in [0.25, 0.3) is 10.8 Å². The number of hydrogen-bond donors (Lipinski definition) is 0. The quantitative estimate of drug-likeness (QED) is 0.466. The molecule has 2 heterocycles. The minimum atomic E-state index is -0.261. The third-order valence-electron chi connectivity index (χ3n) is 7.70.